The maximum Gasteiger partial charge on any atom is 0.241 e. The fourth-order valence-electron chi connectivity index (χ4n) is 2.11. The first-order valence-corrected chi connectivity index (χ1v) is 7.44. The van der Waals surface area contributed by atoms with E-state index in [1.165, 1.54) is 11.0 Å². The van der Waals surface area contributed by atoms with Gasteiger partial charge in [-0.15, -0.1) is 0 Å². The van der Waals surface area contributed by atoms with E-state index < -0.39 is 0 Å². The number of hydrogen-bond donors (Lipinski definition) is 1. The summed E-state index contributed by atoms with van der Waals surface area (Å²) in [5.41, 5.74) is 1.41. The number of para-hydroxylation sites is 1. The van der Waals surface area contributed by atoms with Crippen LogP contribution in [0, 0.1) is 5.82 Å². The number of anilines is 1. The molecule has 1 aromatic carbocycles. The summed E-state index contributed by atoms with van der Waals surface area (Å²) in [5.74, 6) is -0.313. The van der Waals surface area contributed by atoms with Crippen LogP contribution in [-0.2, 0) is 11.3 Å². The van der Waals surface area contributed by atoms with Gasteiger partial charge in [0.1, 0.15) is 5.82 Å². The number of benzene rings is 1. The van der Waals surface area contributed by atoms with Gasteiger partial charge in [0.2, 0.25) is 5.91 Å². The monoisotopic (exact) mass is 295 g/mol. The van der Waals surface area contributed by atoms with Crippen LogP contribution in [0.25, 0.3) is 0 Å². The van der Waals surface area contributed by atoms with Crippen LogP contribution >= 0.6 is 0 Å². The molecule has 0 atom stereocenters. The third kappa shape index (κ3) is 5.01. The minimum Gasteiger partial charge on any atom is -0.360 e. The van der Waals surface area contributed by atoms with Gasteiger partial charge in [-0.2, -0.15) is 0 Å². The van der Waals surface area contributed by atoms with E-state index in [1.54, 1.807) is 25.1 Å². The fraction of sp³-hybridized carbons (Fsp3) is 0.562. The maximum atomic E-state index is 14.3. The van der Waals surface area contributed by atoms with E-state index in [4.69, 9.17) is 0 Å². The van der Waals surface area contributed by atoms with E-state index in [1.807, 2.05) is 13.0 Å². The summed E-state index contributed by atoms with van der Waals surface area (Å²) >= 11 is 0. The van der Waals surface area contributed by atoms with Gasteiger partial charge in [0.25, 0.3) is 0 Å². The highest BCUT2D eigenvalue weighted by atomic mass is 19.1. The Morgan fingerprint density at radius 3 is 2.57 bits per heavy atom. The molecule has 0 aromatic heterocycles. The minimum atomic E-state index is -0.279. The predicted octanol–water partition coefficient (Wildman–Crippen LogP) is 2.24. The van der Waals surface area contributed by atoms with E-state index in [0.717, 1.165) is 18.5 Å². The summed E-state index contributed by atoms with van der Waals surface area (Å²) in [5, 5.41) is 3.29. The summed E-state index contributed by atoms with van der Waals surface area (Å²) < 4.78 is 14.3. The van der Waals surface area contributed by atoms with Crippen molar-refractivity contribution >= 4 is 11.6 Å². The Hall–Kier alpha value is -1.62. The van der Waals surface area contributed by atoms with Gasteiger partial charge in [0.15, 0.2) is 0 Å². The van der Waals surface area contributed by atoms with Crippen LogP contribution in [0.15, 0.2) is 18.2 Å². The first kappa shape index (κ1) is 17.4. The van der Waals surface area contributed by atoms with Crippen LogP contribution in [0.1, 0.15) is 25.8 Å². The van der Waals surface area contributed by atoms with Gasteiger partial charge in [0, 0.05) is 27.2 Å². The summed E-state index contributed by atoms with van der Waals surface area (Å²) in [6.07, 6.45) is 1.03. The lowest BCUT2D eigenvalue weighted by molar-refractivity contribution is -0.127. The Balaban J connectivity index is 2.98. The maximum absolute atomic E-state index is 14.3. The number of nitrogens with one attached hydrogen (secondary N) is 1. The van der Waals surface area contributed by atoms with Crippen molar-refractivity contribution in [2.24, 2.45) is 0 Å². The molecule has 0 saturated carbocycles. The molecular weight excluding hydrogens is 269 g/mol. The Morgan fingerprint density at radius 1 is 1.29 bits per heavy atom. The molecule has 4 nitrogen and oxygen atoms in total. The second kappa shape index (κ2) is 8.62. The standard InChI is InChI=1S/C16H26FN3O/c1-5-10-18-11-13-8-7-9-14(17)16(13)20(6-2)12-15(21)19(3)4/h7-9,18H,5-6,10-12H2,1-4H3. The normalized spacial score (nSPS) is 10.5. The topological polar surface area (TPSA) is 35.6 Å². The molecule has 0 bridgehead atoms. The second-order valence-electron chi connectivity index (χ2n) is 5.23. The van der Waals surface area contributed by atoms with Crippen molar-refractivity contribution in [3.63, 3.8) is 0 Å². The van der Waals surface area contributed by atoms with E-state index >= 15 is 0 Å². The molecule has 0 heterocycles. The lowest BCUT2D eigenvalue weighted by Gasteiger charge is -2.27. The lowest BCUT2D eigenvalue weighted by Crippen LogP contribution is -2.37. The molecule has 21 heavy (non-hydrogen) atoms. The van der Waals surface area contributed by atoms with Crippen molar-refractivity contribution < 1.29 is 9.18 Å². The van der Waals surface area contributed by atoms with Crippen molar-refractivity contribution in [1.29, 1.82) is 0 Å². The number of carbonyl (C=O) groups is 1. The number of rotatable bonds is 8. The van der Waals surface area contributed by atoms with Crippen molar-refractivity contribution in [1.82, 2.24) is 10.2 Å². The number of carbonyl (C=O) groups excluding carboxylic acids is 1. The van der Waals surface area contributed by atoms with Gasteiger partial charge >= 0.3 is 0 Å². The number of hydrogen-bond acceptors (Lipinski definition) is 3. The summed E-state index contributed by atoms with van der Waals surface area (Å²) in [7, 11) is 3.42. The zero-order chi connectivity index (χ0) is 15.8. The molecule has 1 N–H and O–H groups in total. The zero-order valence-electron chi connectivity index (χ0n) is 13.4. The molecule has 0 aliphatic carbocycles. The SMILES string of the molecule is CCCNCc1cccc(F)c1N(CC)CC(=O)N(C)C. The smallest absolute Gasteiger partial charge is 0.241 e. The minimum absolute atomic E-state index is 0.0347. The third-order valence-corrected chi connectivity index (χ3v) is 3.34. The van der Waals surface area contributed by atoms with Crippen LogP contribution in [0.3, 0.4) is 0 Å². The molecule has 5 heteroatoms. The van der Waals surface area contributed by atoms with Crippen molar-refractivity contribution in [2.75, 3.05) is 38.6 Å². The predicted molar refractivity (Wildman–Crippen MR) is 85.0 cm³/mol. The molecule has 0 unspecified atom stereocenters. The van der Waals surface area contributed by atoms with Crippen LogP contribution < -0.4 is 10.2 Å². The Kier molecular flexibility index (Phi) is 7.15. The Labute approximate surface area is 126 Å². The summed E-state index contributed by atoms with van der Waals surface area (Å²) in [6.45, 7) is 6.28. The molecule has 0 spiro atoms. The number of nitrogens with zero attached hydrogens (tertiary/aromatic N) is 2. The first-order valence-electron chi connectivity index (χ1n) is 7.44. The Bertz CT molecular complexity index is 463. The largest absolute Gasteiger partial charge is 0.360 e. The molecule has 0 fully saturated rings. The van der Waals surface area contributed by atoms with Crippen LogP contribution in [-0.4, -0.2) is 44.5 Å². The number of amides is 1. The van der Waals surface area contributed by atoms with E-state index in [0.29, 0.717) is 18.8 Å². The highest BCUT2D eigenvalue weighted by Gasteiger charge is 2.18. The second-order valence-corrected chi connectivity index (χ2v) is 5.23. The third-order valence-electron chi connectivity index (χ3n) is 3.34. The van der Waals surface area contributed by atoms with Crippen molar-refractivity contribution in [3.8, 4) is 0 Å². The zero-order valence-corrected chi connectivity index (χ0v) is 13.4. The summed E-state index contributed by atoms with van der Waals surface area (Å²) in [4.78, 5) is 15.2. The molecule has 0 aliphatic heterocycles. The van der Waals surface area contributed by atoms with Crippen LogP contribution in [0.2, 0.25) is 0 Å². The Morgan fingerprint density at radius 2 is 2.00 bits per heavy atom. The van der Waals surface area contributed by atoms with Gasteiger partial charge < -0.3 is 15.1 Å². The van der Waals surface area contributed by atoms with Gasteiger partial charge in [0.05, 0.1) is 12.2 Å². The van der Waals surface area contributed by atoms with Crippen molar-refractivity contribution in [3.05, 3.63) is 29.6 Å². The first-order chi connectivity index (χ1) is 10.0. The van der Waals surface area contributed by atoms with Gasteiger partial charge in [-0.05, 0) is 31.5 Å². The number of halogens is 1. The van der Waals surface area contributed by atoms with E-state index in [2.05, 4.69) is 12.2 Å². The highest BCUT2D eigenvalue weighted by Crippen LogP contribution is 2.24. The fourth-order valence-corrected chi connectivity index (χ4v) is 2.11. The molecule has 0 aliphatic rings. The average Bonchev–Trinajstić information content (AvgIpc) is 2.45. The molecule has 0 saturated heterocycles. The molecule has 1 aromatic rings. The molecule has 0 radical (unpaired) electrons. The summed E-state index contributed by atoms with van der Waals surface area (Å²) in [6, 6.07) is 5.06. The molecular formula is C16H26FN3O. The quantitative estimate of drug-likeness (QED) is 0.747. The number of likely N-dealkylation sites (N-methyl/N-ethyl adjacent to an activating group) is 2. The van der Waals surface area contributed by atoms with Crippen LogP contribution in [0.5, 0.6) is 0 Å². The van der Waals surface area contributed by atoms with E-state index in [-0.39, 0.29) is 18.3 Å². The van der Waals surface area contributed by atoms with Gasteiger partial charge in [-0.1, -0.05) is 19.1 Å². The highest BCUT2D eigenvalue weighted by molar-refractivity contribution is 5.81. The van der Waals surface area contributed by atoms with Crippen LogP contribution in [0.4, 0.5) is 10.1 Å². The average molecular weight is 295 g/mol. The van der Waals surface area contributed by atoms with Crippen molar-refractivity contribution in [2.45, 2.75) is 26.8 Å². The van der Waals surface area contributed by atoms with E-state index in [9.17, 15) is 9.18 Å². The molecule has 1 amide bonds. The lowest BCUT2D eigenvalue weighted by atomic mass is 10.1. The molecule has 118 valence electrons. The van der Waals surface area contributed by atoms with Gasteiger partial charge in [-0.3, -0.25) is 4.79 Å². The van der Waals surface area contributed by atoms with Gasteiger partial charge in [-0.25, -0.2) is 4.39 Å². The molecule has 1 rings (SSSR count).